The molecule has 3 aliphatic rings. The summed E-state index contributed by atoms with van der Waals surface area (Å²) in [5, 5.41) is 6.17. The van der Waals surface area contributed by atoms with E-state index in [2.05, 4.69) is 51.2 Å². The van der Waals surface area contributed by atoms with Crippen LogP contribution in [0.15, 0.2) is 42.6 Å². The fourth-order valence-electron chi connectivity index (χ4n) is 5.49. The van der Waals surface area contributed by atoms with E-state index in [9.17, 15) is 4.79 Å². The van der Waals surface area contributed by atoms with Gasteiger partial charge in [-0.25, -0.2) is 4.98 Å². The van der Waals surface area contributed by atoms with Crippen molar-refractivity contribution in [1.29, 1.82) is 0 Å². The molecule has 0 spiro atoms. The molecule has 2 saturated heterocycles. The zero-order valence-corrected chi connectivity index (χ0v) is 20.4. The Morgan fingerprint density at radius 3 is 2.67 bits per heavy atom. The van der Waals surface area contributed by atoms with Crippen molar-refractivity contribution in [3.8, 4) is 11.3 Å². The fraction of sp³-hybridized carbons (Fsp3) is 0.444. The number of nitrogens with one attached hydrogen (secondary N) is 1. The third-order valence-electron chi connectivity index (χ3n) is 7.66. The molecule has 1 aromatic carbocycles. The molecule has 0 unspecified atom stereocenters. The number of morpholine rings is 1. The van der Waals surface area contributed by atoms with Gasteiger partial charge in [-0.15, -0.1) is 0 Å². The lowest BCUT2D eigenvalue weighted by atomic mass is 10.1. The van der Waals surface area contributed by atoms with Crippen molar-refractivity contribution >= 4 is 28.3 Å². The van der Waals surface area contributed by atoms with E-state index in [0.29, 0.717) is 25.0 Å². The topological polar surface area (TPSA) is 82.0 Å². The van der Waals surface area contributed by atoms with E-state index in [1.54, 1.807) is 0 Å². The highest BCUT2D eigenvalue weighted by Crippen LogP contribution is 2.32. The molecular weight excluding hydrogens is 454 g/mol. The predicted octanol–water partition coefficient (Wildman–Crippen LogP) is 2.77. The summed E-state index contributed by atoms with van der Waals surface area (Å²) in [6.45, 7) is 7.25. The van der Waals surface area contributed by atoms with Crippen LogP contribution in [-0.4, -0.2) is 87.8 Å². The number of benzene rings is 1. The molecule has 7 rings (SSSR count). The molecule has 0 radical (unpaired) electrons. The number of ether oxygens (including phenoxy) is 1. The van der Waals surface area contributed by atoms with E-state index in [-0.39, 0.29) is 0 Å². The summed E-state index contributed by atoms with van der Waals surface area (Å²) in [6, 6.07) is 12.7. The molecule has 1 amide bonds. The van der Waals surface area contributed by atoms with Crippen LogP contribution in [-0.2, 0) is 16.1 Å². The average molecular weight is 486 g/mol. The Balaban J connectivity index is 1.20. The summed E-state index contributed by atoms with van der Waals surface area (Å²) in [4.78, 5) is 27.6. The molecule has 0 bridgehead atoms. The lowest BCUT2D eigenvalue weighted by Crippen LogP contribution is -2.48. The highest BCUT2D eigenvalue weighted by Gasteiger charge is 2.34. The van der Waals surface area contributed by atoms with Crippen molar-refractivity contribution in [2.45, 2.75) is 19.4 Å². The molecule has 1 saturated carbocycles. The van der Waals surface area contributed by atoms with Gasteiger partial charge in [0.05, 0.1) is 24.6 Å². The molecule has 1 aliphatic carbocycles. The van der Waals surface area contributed by atoms with Gasteiger partial charge in [-0.2, -0.15) is 9.61 Å². The maximum absolute atomic E-state index is 12.4. The largest absolute Gasteiger partial charge is 0.378 e. The number of rotatable bonds is 5. The number of aromatic amines is 1. The molecule has 0 atom stereocenters. The molecule has 5 heterocycles. The van der Waals surface area contributed by atoms with Gasteiger partial charge in [-0.1, -0.05) is 12.1 Å². The van der Waals surface area contributed by atoms with Crippen molar-refractivity contribution in [3.63, 3.8) is 0 Å². The van der Waals surface area contributed by atoms with Crippen LogP contribution < -0.4 is 4.90 Å². The number of piperazine rings is 1. The fourth-order valence-corrected chi connectivity index (χ4v) is 5.49. The Labute approximate surface area is 209 Å². The lowest BCUT2D eigenvalue weighted by Gasteiger charge is -2.34. The molecule has 186 valence electrons. The number of hydrogen-bond acceptors (Lipinski definition) is 6. The van der Waals surface area contributed by atoms with Crippen molar-refractivity contribution < 1.29 is 9.53 Å². The Hall–Kier alpha value is -3.43. The van der Waals surface area contributed by atoms with Crippen LogP contribution in [0.4, 0.5) is 5.82 Å². The second-order valence-electron chi connectivity index (χ2n) is 10.1. The minimum absolute atomic E-state index is 0.297. The molecular formula is C27H31N7O2. The van der Waals surface area contributed by atoms with Crippen LogP contribution in [0, 0.1) is 5.92 Å². The van der Waals surface area contributed by atoms with Gasteiger partial charge < -0.3 is 19.5 Å². The average Bonchev–Trinajstić information content (AvgIpc) is 3.51. The molecule has 3 fully saturated rings. The van der Waals surface area contributed by atoms with Crippen LogP contribution in [0.2, 0.25) is 0 Å². The third kappa shape index (κ3) is 4.02. The first-order valence-corrected chi connectivity index (χ1v) is 13.0. The number of H-pyrrole nitrogens is 1. The first-order chi connectivity index (χ1) is 17.7. The maximum Gasteiger partial charge on any atom is 0.225 e. The van der Waals surface area contributed by atoms with Gasteiger partial charge in [0.2, 0.25) is 5.91 Å². The highest BCUT2D eigenvalue weighted by atomic mass is 16.5. The van der Waals surface area contributed by atoms with Crippen LogP contribution in [0.5, 0.6) is 0 Å². The van der Waals surface area contributed by atoms with Crippen LogP contribution in [0.3, 0.4) is 0 Å². The molecule has 9 heteroatoms. The second kappa shape index (κ2) is 8.90. The quantitative estimate of drug-likeness (QED) is 0.468. The monoisotopic (exact) mass is 485 g/mol. The van der Waals surface area contributed by atoms with Gasteiger partial charge in [-0.05, 0) is 25.0 Å². The van der Waals surface area contributed by atoms with Gasteiger partial charge >= 0.3 is 0 Å². The van der Waals surface area contributed by atoms with Gasteiger partial charge in [-0.3, -0.25) is 9.69 Å². The third-order valence-corrected chi connectivity index (χ3v) is 7.66. The Morgan fingerprint density at radius 1 is 1.03 bits per heavy atom. The standard InChI is InChI=1S/C27H31N7O2/c35-27(19-4-5-19)33-10-8-31(9-11-33)18-20-16-25-29-24(21-2-1-3-23-22(21)6-7-28-23)17-26(34(25)30-20)32-12-14-36-15-13-32/h1-3,6-7,16-17,19,28H,4-5,8-15,18H2. The van der Waals surface area contributed by atoms with E-state index in [1.807, 2.05) is 15.6 Å². The van der Waals surface area contributed by atoms with Crippen LogP contribution in [0.25, 0.3) is 27.8 Å². The normalized spacial score (nSPS) is 19.4. The summed E-state index contributed by atoms with van der Waals surface area (Å²) in [5.41, 5.74) is 5.04. The molecule has 1 N–H and O–H groups in total. The van der Waals surface area contributed by atoms with E-state index in [1.165, 1.54) is 5.39 Å². The molecule has 2 aliphatic heterocycles. The number of fused-ring (bicyclic) bond motifs is 2. The number of aromatic nitrogens is 4. The molecule has 36 heavy (non-hydrogen) atoms. The number of anilines is 1. The summed E-state index contributed by atoms with van der Waals surface area (Å²) >= 11 is 0. The number of amides is 1. The lowest BCUT2D eigenvalue weighted by molar-refractivity contribution is -0.134. The summed E-state index contributed by atoms with van der Waals surface area (Å²) in [5.74, 6) is 1.70. The zero-order chi connectivity index (χ0) is 24.1. The Bertz CT molecular complexity index is 1410. The van der Waals surface area contributed by atoms with E-state index in [0.717, 1.165) is 92.6 Å². The van der Waals surface area contributed by atoms with E-state index >= 15 is 0 Å². The first kappa shape index (κ1) is 21.8. The first-order valence-electron chi connectivity index (χ1n) is 13.0. The number of hydrogen-bond donors (Lipinski definition) is 1. The smallest absolute Gasteiger partial charge is 0.225 e. The number of carbonyl (C=O) groups excluding carboxylic acids is 1. The number of nitrogens with zero attached hydrogens (tertiary/aromatic N) is 6. The zero-order valence-electron chi connectivity index (χ0n) is 20.4. The highest BCUT2D eigenvalue weighted by molar-refractivity contribution is 5.94. The van der Waals surface area contributed by atoms with Gasteiger partial charge in [0, 0.05) is 86.5 Å². The Morgan fingerprint density at radius 2 is 1.86 bits per heavy atom. The molecule has 3 aromatic heterocycles. The predicted molar refractivity (Wildman–Crippen MR) is 138 cm³/mol. The van der Waals surface area contributed by atoms with E-state index < -0.39 is 0 Å². The summed E-state index contributed by atoms with van der Waals surface area (Å²) in [7, 11) is 0. The number of carbonyl (C=O) groups is 1. The minimum Gasteiger partial charge on any atom is -0.378 e. The Kier molecular flexibility index (Phi) is 5.40. The second-order valence-corrected chi connectivity index (χ2v) is 10.1. The molecule has 4 aromatic rings. The van der Waals surface area contributed by atoms with Crippen molar-refractivity contribution in [3.05, 3.63) is 48.3 Å². The van der Waals surface area contributed by atoms with Crippen molar-refractivity contribution in [1.82, 2.24) is 29.4 Å². The minimum atomic E-state index is 0.297. The van der Waals surface area contributed by atoms with Gasteiger partial charge in [0.15, 0.2) is 5.65 Å². The summed E-state index contributed by atoms with van der Waals surface area (Å²) in [6.07, 6.45) is 4.11. The van der Waals surface area contributed by atoms with E-state index in [4.69, 9.17) is 14.8 Å². The van der Waals surface area contributed by atoms with Crippen LogP contribution in [0.1, 0.15) is 18.5 Å². The van der Waals surface area contributed by atoms with Gasteiger partial charge in [0.25, 0.3) is 0 Å². The summed E-state index contributed by atoms with van der Waals surface area (Å²) < 4.78 is 7.61. The van der Waals surface area contributed by atoms with Crippen LogP contribution >= 0.6 is 0 Å². The van der Waals surface area contributed by atoms with Gasteiger partial charge in [0.1, 0.15) is 5.82 Å². The van der Waals surface area contributed by atoms with Crippen molar-refractivity contribution in [2.24, 2.45) is 5.92 Å². The SMILES string of the molecule is O=C(C1CC1)N1CCN(Cc2cc3nc(-c4cccc5[nH]ccc45)cc(N4CCOCC4)n3n2)CC1. The maximum atomic E-state index is 12.4. The van der Waals surface area contributed by atoms with Crippen molar-refractivity contribution in [2.75, 3.05) is 57.4 Å². The molecule has 9 nitrogen and oxygen atoms in total.